The third kappa shape index (κ3) is 5.16. The van der Waals surface area contributed by atoms with Gasteiger partial charge >= 0.3 is 0 Å². The highest BCUT2D eigenvalue weighted by Gasteiger charge is 2.42. The van der Waals surface area contributed by atoms with Gasteiger partial charge in [-0.2, -0.15) is 0 Å². The Labute approximate surface area is 197 Å². The molecule has 1 N–H and O–H groups in total. The lowest BCUT2D eigenvalue weighted by Crippen LogP contribution is -2.49. The van der Waals surface area contributed by atoms with E-state index in [1.807, 2.05) is 29.2 Å². The van der Waals surface area contributed by atoms with Crippen LogP contribution in [0, 0.1) is 5.82 Å². The molecule has 0 aliphatic carbocycles. The van der Waals surface area contributed by atoms with Crippen molar-refractivity contribution in [1.82, 2.24) is 4.90 Å². The number of piperazine rings is 1. The number of aliphatic imine (C=N–C) groups is 1. The Morgan fingerprint density at radius 3 is 2.39 bits per heavy atom. The number of halogens is 1. The van der Waals surface area contributed by atoms with E-state index in [1.165, 1.54) is 23.9 Å². The molecule has 0 radical (unpaired) electrons. The Hall–Kier alpha value is -2.59. The number of carbonyl (C=O) groups excluding carboxylic acids is 1. The minimum atomic E-state index is -2.96. The summed E-state index contributed by atoms with van der Waals surface area (Å²) in [5.41, 5.74) is 2.78. The SMILES string of the molecule is O=C(Cc1ccc(NC2=N[C@@H]3CS(=O)(=O)C[C@H]3S2)cc1)N1CCN(c2ccc(F)cc2)CC1. The summed E-state index contributed by atoms with van der Waals surface area (Å²) in [5.74, 6) is 0.173. The molecule has 1 amide bonds. The predicted octanol–water partition coefficient (Wildman–Crippen LogP) is 2.40. The van der Waals surface area contributed by atoms with Gasteiger partial charge in [-0.1, -0.05) is 23.9 Å². The van der Waals surface area contributed by atoms with Crippen LogP contribution in [0.5, 0.6) is 0 Å². The van der Waals surface area contributed by atoms with Gasteiger partial charge in [-0.25, -0.2) is 12.8 Å². The van der Waals surface area contributed by atoms with Crippen molar-refractivity contribution in [2.45, 2.75) is 17.7 Å². The van der Waals surface area contributed by atoms with E-state index in [1.54, 1.807) is 12.1 Å². The maximum absolute atomic E-state index is 13.1. The van der Waals surface area contributed by atoms with Crippen LogP contribution in [0.15, 0.2) is 53.5 Å². The molecule has 0 aromatic heterocycles. The molecule has 2 saturated heterocycles. The number of carbonyl (C=O) groups is 1. The van der Waals surface area contributed by atoms with Gasteiger partial charge in [-0.05, 0) is 42.0 Å². The van der Waals surface area contributed by atoms with Crippen molar-refractivity contribution >= 4 is 44.0 Å². The number of hydrogen-bond acceptors (Lipinski definition) is 7. The van der Waals surface area contributed by atoms with Gasteiger partial charge in [0.25, 0.3) is 0 Å². The Morgan fingerprint density at radius 2 is 1.73 bits per heavy atom. The van der Waals surface area contributed by atoms with E-state index in [-0.39, 0.29) is 34.5 Å². The summed E-state index contributed by atoms with van der Waals surface area (Å²) in [6.45, 7) is 2.74. The quantitative estimate of drug-likeness (QED) is 0.712. The summed E-state index contributed by atoms with van der Waals surface area (Å²) < 4.78 is 36.5. The molecule has 3 aliphatic heterocycles. The van der Waals surface area contributed by atoms with Crippen LogP contribution >= 0.6 is 11.8 Å². The number of thioether (sulfide) groups is 1. The average Bonchev–Trinajstić information content (AvgIpc) is 3.28. The van der Waals surface area contributed by atoms with E-state index >= 15 is 0 Å². The fourth-order valence-electron chi connectivity index (χ4n) is 4.40. The van der Waals surface area contributed by atoms with Crippen molar-refractivity contribution in [3.05, 3.63) is 59.9 Å². The number of hydrogen-bond donors (Lipinski definition) is 1. The van der Waals surface area contributed by atoms with Crippen LogP contribution in [0.4, 0.5) is 15.8 Å². The summed E-state index contributed by atoms with van der Waals surface area (Å²) in [6.07, 6.45) is 0.342. The van der Waals surface area contributed by atoms with Crippen LogP contribution in [0.25, 0.3) is 0 Å². The summed E-state index contributed by atoms with van der Waals surface area (Å²) in [7, 11) is -2.96. The predicted molar refractivity (Wildman–Crippen MR) is 130 cm³/mol. The molecule has 0 saturated carbocycles. The van der Waals surface area contributed by atoms with Crippen molar-refractivity contribution in [2.24, 2.45) is 4.99 Å². The molecule has 2 aromatic carbocycles. The summed E-state index contributed by atoms with van der Waals surface area (Å²) in [4.78, 5) is 21.3. The molecule has 5 rings (SSSR count). The number of fused-ring (bicyclic) bond motifs is 1. The van der Waals surface area contributed by atoms with Crippen LogP contribution in [0.1, 0.15) is 5.56 Å². The largest absolute Gasteiger partial charge is 0.368 e. The van der Waals surface area contributed by atoms with Gasteiger partial charge in [0.1, 0.15) is 5.82 Å². The highest BCUT2D eigenvalue weighted by molar-refractivity contribution is 8.15. The number of nitrogens with zero attached hydrogens (tertiary/aromatic N) is 3. The van der Waals surface area contributed by atoms with E-state index in [9.17, 15) is 17.6 Å². The zero-order valence-electron chi connectivity index (χ0n) is 18.0. The van der Waals surface area contributed by atoms with Gasteiger partial charge in [0, 0.05) is 42.8 Å². The second-order valence-corrected chi connectivity index (χ2v) is 12.0. The first-order valence-electron chi connectivity index (χ1n) is 10.9. The topological polar surface area (TPSA) is 82.1 Å². The molecule has 0 spiro atoms. The monoisotopic (exact) mass is 488 g/mol. The number of sulfone groups is 1. The number of benzene rings is 2. The van der Waals surface area contributed by atoms with E-state index in [4.69, 9.17) is 0 Å². The Morgan fingerprint density at radius 1 is 1.03 bits per heavy atom. The third-order valence-corrected chi connectivity index (χ3v) is 9.34. The van der Waals surface area contributed by atoms with E-state index in [0.717, 1.165) is 35.2 Å². The molecule has 3 heterocycles. The average molecular weight is 489 g/mol. The van der Waals surface area contributed by atoms with Crippen molar-refractivity contribution in [1.29, 1.82) is 0 Å². The number of rotatable bonds is 4. The van der Waals surface area contributed by atoms with E-state index < -0.39 is 9.84 Å². The highest BCUT2D eigenvalue weighted by Crippen LogP contribution is 2.34. The summed E-state index contributed by atoms with van der Waals surface area (Å²) in [5, 5.41) is 4.02. The van der Waals surface area contributed by atoms with Gasteiger partial charge in [-0.15, -0.1) is 0 Å². The summed E-state index contributed by atoms with van der Waals surface area (Å²) >= 11 is 1.49. The van der Waals surface area contributed by atoms with Gasteiger partial charge in [-0.3, -0.25) is 9.79 Å². The van der Waals surface area contributed by atoms with E-state index in [2.05, 4.69) is 15.2 Å². The first kappa shape index (κ1) is 22.2. The number of amidine groups is 1. The van der Waals surface area contributed by atoms with Crippen molar-refractivity contribution < 1.29 is 17.6 Å². The third-order valence-electron chi connectivity index (χ3n) is 6.20. The molecule has 7 nitrogen and oxygen atoms in total. The normalized spacial score (nSPS) is 23.8. The van der Waals surface area contributed by atoms with Crippen LogP contribution in [-0.4, -0.2) is 73.4 Å². The Kier molecular flexibility index (Phi) is 6.05. The standard InChI is InChI=1S/C23H25FN4O3S2/c24-17-3-7-19(8-4-17)27-9-11-28(12-10-27)22(29)13-16-1-5-18(6-2-16)25-23-26-20-14-33(30,31)15-21(20)32-23/h1-8,20-21H,9-15H2,(H,25,26)/t20-,21-/m1/s1. The lowest BCUT2D eigenvalue weighted by atomic mass is 10.1. The van der Waals surface area contributed by atoms with Crippen molar-refractivity contribution in [2.75, 3.05) is 47.9 Å². The van der Waals surface area contributed by atoms with Crippen molar-refractivity contribution in [3.8, 4) is 0 Å². The van der Waals surface area contributed by atoms with Gasteiger partial charge < -0.3 is 15.1 Å². The fraction of sp³-hybridized carbons (Fsp3) is 0.391. The maximum Gasteiger partial charge on any atom is 0.227 e. The van der Waals surface area contributed by atoms with Crippen LogP contribution in [0.2, 0.25) is 0 Å². The first-order valence-corrected chi connectivity index (χ1v) is 13.6. The van der Waals surface area contributed by atoms with Gasteiger partial charge in [0.2, 0.25) is 5.91 Å². The Bertz CT molecular complexity index is 1160. The molecule has 3 aliphatic rings. The Balaban J connectivity index is 1.11. The zero-order valence-corrected chi connectivity index (χ0v) is 19.6. The molecule has 2 fully saturated rings. The molecule has 0 unspecified atom stereocenters. The lowest BCUT2D eigenvalue weighted by molar-refractivity contribution is -0.130. The molecule has 2 atom stereocenters. The molecule has 2 aromatic rings. The molecular weight excluding hydrogens is 463 g/mol. The first-order chi connectivity index (χ1) is 15.8. The smallest absolute Gasteiger partial charge is 0.227 e. The number of nitrogens with one attached hydrogen (secondary N) is 1. The zero-order chi connectivity index (χ0) is 23.0. The van der Waals surface area contributed by atoms with Gasteiger partial charge in [0.05, 0.1) is 24.0 Å². The van der Waals surface area contributed by atoms with Crippen LogP contribution in [0.3, 0.4) is 0 Å². The number of amides is 1. The van der Waals surface area contributed by atoms with E-state index in [0.29, 0.717) is 19.5 Å². The maximum atomic E-state index is 13.1. The minimum absolute atomic E-state index is 0.0120. The molecule has 33 heavy (non-hydrogen) atoms. The van der Waals surface area contributed by atoms with Crippen LogP contribution in [-0.2, 0) is 21.1 Å². The fourth-order valence-corrected chi connectivity index (χ4v) is 8.07. The van der Waals surface area contributed by atoms with Gasteiger partial charge in [0.15, 0.2) is 15.0 Å². The molecular formula is C23H25FN4O3S2. The highest BCUT2D eigenvalue weighted by atomic mass is 32.2. The second-order valence-electron chi connectivity index (χ2n) is 8.58. The second kappa shape index (κ2) is 8.98. The van der Waals surface area contributed by atoms with Crippen LogP contribution < -0.4 is 10.2 Å². The molecule has 174 valence electrons. The molecule has 10 heteroatoms. The summed E-state index contributed by atoms with van der Waals surface area (Å²) in [6, 6.07) is 14.0. The number of anilines is 2. The minimum Gasteiger partial charge on any atom is -0.368 e. The lowest BCUT2D eigenvalue weighted by Gasteiger charge is -2.36. The molecule has 0 bridgehead atoms. The van der Waals surface area contributed by atoms with Crippen molar-refractivity contribution in [3.63, 3.8) is 0 Å².